The van der Waals surface area contributed by atoms with E-state index in [9.17, 15) is 5.26 Å². The Hall–Kier alpha value is -3.11. The van der Waals surface area contributed by atoms with Gasteiger partial charge in [-0.25, -0.2) is 0 Å². The summed E-state index contributed by atoms with van der Waals surface area (Å²) in [6.45, 7) is 1.83. The molecule has 0 aromatic heterocycles. The van der Waals surface area contributed by atoms with Crippen molar-refractivity contribution in [3.63, 3.8) is 0 Å². The highest BCUT2D eigenvalue weighted by molar-refractivity contribution is 5.90. The lowest BCUT2D eigenvalue weighted by Gasteiger charge is -2.00. The smallest absolute Gasteiger partial charge is 0.387 e. The number of hydrogen-bond acceptors (Lipinski definition) is 3. The Morgan fingerprint density at radius 2 is 1.90 bits per heavy atom. The maximum Gasteiger partial charge on any atom is 0.387 e. The second kappa shape index (κ2) is 5.69. The van der Waals surface area contributed by atoms with Gasteiger partial charge in [0.2, 0.25) is 5.39 Å². The van der Waals surface area contributed by atoms with Crippen molar-refractivity contribution in [2.75, 3.05) is 5.73 Å². The normalized spacial score (nSPS) is 10.7. The zero-order chi connectivity index (χ0) is 14.5. The summed E-state index contributed by atoms with van der Waals surface area (Å²) >= 11 is 0. The Morgan fingerprint density at radius 1 is 1.20 bits per heavy atom. The van der Waals surface area contributed by atoms with E-state index in [2.05, 4.69) is 11.0 Å². The van der Waals surface area contributed by atoms with E-state index in [1.165, 1.54) is 0 Å². The number of hydrogen-bond donors (Lipinski definition) is 1. The van der Waals surface area contributed by atoms with Crippen LogP contribution in [0.15, 0.2) is 42.5 Å². The molecule has 0 bridgehead atoms. The number of nitriles is 1. The summed E-state index contributed by atoms with van der Waals surface area (Å²) in [4.78, 5) is 3.17. The fraction of sp³-hybridized carbons (Fsp3) is 0.0625. The minimum atomic E-state index is 0.499. The number of aryl methyl sites for hydroxylation is 1. The molecule has 0 spiro atoms. The molecule has 4 nitrogen and oxygen atoms in total. The second-order valence-corrected chi connectivity index (χ2v) is 4.44. The van der Waals surface area contributed by atoms with Crippen molar-refractivity contribution in [1.82, 2.24) is 0 Å². The predicted octanol–water partition coefficient (Wildman–Crippen LogP) is 4.13. The molecule has 0 atom stereocenters. The van der Waals surface area contributed by atoms with Gasteiger partial charge in [0.25, 0.3) is 0 Å². The molecule has 0 fully saturated rings. The van der Waals surface area contributed by atoms with Crippen LogP contribution >= 0.6 is 0 Å². The Bertz CT molecular complexity index is 744. The highest BCUT2D eigenvalue weighted by Gasteiger charge is 2.11. The van der Waals surface area contributed by atoms with Gasteiger partial charge in [0, 0.05) is 17.3 Å². The van der Waals surface area contributed by atoms with Crippen LogP contribution < -0.4 is 5.73 Å². The van der Waals surface area contributed by atoms with Crippen LogP contribution in [-0.4, -0.2) is 0 Å². The van der Waals surface area contributed by atoms with Crippen LogP contribution in [0.4, 0.5) is 11.4 Å². The first-order valence-corrected chi connectivity index (χ1v) is 6.07. The third kappa shape index (κ3) is 2.82. The van der Waals surface area contributed by atoms with E-state index in [1.807, 2.05) is 25.1 Å². The Kier molecular flexibility index (Phi) is 3.79. The maximum absolute atomic E-state index is 9.30. The fourth-order valence-electron chi connectivity index (χ4n) is 1.87. The van der Waals surface area contributed by atoms with Gasteiger partial charge in [0.15, 0.2) is 4.98 Å². The minimum Gasteiger partial charge on any atom is -0.399 e. The molecule has 2 N–H and O–H groups in total. The van der Waals surface area contributed by atoms with Crippen LogP contribution in [0.25, 0.3) is 16.6 Å². The molecule has 0 amide bonds. The van der Waals surface area contributed by atoms with Gasteiger partial charge in [-0.2, -0.15) is 5.26 Å². The Labute approximate surface area is 117 Å². The zero-order valence-corrected chi connectivity index (χ0v) is 11.0. The molecule has 0 radical (unpaired) electrons. The quantitative estimate of drug-likeness (QED) is 0.382. The first-order chi connectivity index (χ1) is 9.63. The SMILES string of the molecule is Cc1cc(/C(C#N)=C/c2ccc(N)cc2)ccc1[N+]#N. The lowest BCUT2D eigenvalue weighted by Crippen LogP contribution is -1.86. The molecule has 96 valence electrons. The van der Waals surface area contributed by atoms with E-state index in [0.29, 0.717) is 16.9 Å². The number of rotatable bonds is 2. The van der Waals surface area contributed by atoms with Gasteiger partial charge in [-0.05, 0) is 48.4 Å². The lowest BCUT2D eigenvalue weighted by molar-refractivity contribution is 1.40. The van der Waals surface area contributed by atoms with E-state index < -0.39 is 0 Å². The van der Waals surface area contributed by atoms with Crippen molar-refractivity contribution in [1.29, 1.82) is 10.7 Å². The third-order valence-corrected chi connectivity index (χ3v) is 2.98. The average Bonchev–Trinajstić information content (AvgIpc) is 2.46. The standard InChI is InChI=1S/C16H13N4/c1-11-8-13(4-7-16(11)20-19)14(10-17)9-12-2-5-15(18)6-3-12/h2-9H,18H2,1H3/q+1/b14-9+. The predicted molar refractivity (Wildman–Crippen MR) is 80.3 cm³/mol. The summed E-state index contributed by atoms with van der Waals surface area (Å²) in [5, 5.41) is 18.1. The highest BCUT2D eigenvalue weighted by atomic mass is 14.8. The van der Waals surface area contributed by atoms with Gasteiger partial charge >= 0.3 is 5.69 Å². The van der Waals surface area contributed by atoms with Gasteiger partial charge in [0.05, 0.1) is 11.6 Å². The van der Waals surface area contributed by atoms with Crippen LogP contribution in [0.2, 0.25) is 0 Å². The van der Waals surface area contributed by atoms with Crippen LogP contribution in [-0.2, 0) is 0 Å². The molecule has 0 saturated heterocycles. The highest BCUT2D eigenvalue weighted by Crippen LogP contribution is 2.25. The number of nitrogen functional groups attached to an aromatic ring is 1. The van der Waals surface area contributed by atoms with Crippen molar-refractivity contribution < 1.29 is 0 Å². The summed E-state index contributed by atoms with van der Waals surface area (Å²) in [7, 11) is 0. The fourth-order valence-corrected chi connectivity index (χ4v) is 1.87. The van der Waals surface area contributed by atoms with Gasteiger partial charge in [-0.3, -0.25) is 0 Å². The number of benzene rings is 2. The molecule has 2 rings (SSSR count). The second-order valence-electron chi connectivity index (χ2n) is 4.44. The summed E-state index contributed by atoms with van der Waals surface area (Å²) in [6, 6.07) is 14.7. The van der Waals surface area contributed by atoms with Crippen LogP contribution in [0.1, 0.15) is 16.7 Å². The Balaban J connectivity index is 2.43. The van der Waals surface area contributed by atoms with Crippen LogP contribution in [0.5, 0.6) is 0 Å². The Morgan fingerprint density at radius 3 is 2.45 bits per heavy atom. The van der Waals surface area contributed by atoms with E-state index in [4.69, 9.17) is 11.1 Å². The molecular formula is C16H13N4+. The topological polar surface area (TPSA) is 78.0 Å². The molecule has 2 aromatic carbocycles. The van der Waals surface area contributed by atoms with Crippen molar-refractivity contribution in [3.8, 4) is 6.07 Å². The lowest BCUT2D eigenvalue weighted by atomic mass is 10.0. The van der Waals surface area contributed by atoms with Crippen molar-refractivity contribution >= 4 is 23.0 Å². The van der Waals surface area contributed by atoms with Crippen LogP contribution in [0, 0.1) is 23.6 Å². The summed E-state index contributed by atoms with van der Waals surface area (Å²) < 4.78 is 0. The van der Waals surface area contributed by atoms with Gasteiger partial charge in [-0.1, -0.05) is 12.1 Å². The first kappa shape index (κ1) is 13.3. The number of diazo groups is 1. The molecule has 0 aliphatic rings. The summed E-state index contributed by atoms with van der Waals surface area (Å²) in [6.07, 6.45) is 1.80. The van der Waals surface area contributed by atoms with Crippen molar-refractivity contribution in [3.05, 3.63) is 64.1 Å². The third-order valence-electron chi connectivity index (χ3n) is 2.98. The first-order valence-electron chi connectivity index (χ1n) is 6.07. The van der Waals surface area contributed by atoms with Crippen molar-refractivity contribution in [2.24, 2.45) is 0 Å². The molecule has 0 unspecified atom stereocenters. The summed E-state index contributed by atoms with van der Waals surface area (Å²) in [5.41, 5.74) is 9.86. The molecule has 0 aliphatic carbocycles. The largest absolute Gasteiger partial charge is 0.399 e. The molecule has 0 saturated carbocycles. The molecule has 0 heterocycles. The summed E-state index contributed by atoms with van der Waals surface area (Å²) in [5.74, 6) is 0. The molecule has 20 heavy (non-hydrogen) atoms. The maximum atomic E-state index is 9.30. The van der Waals surface area contributed by atoms with E-state index in [-0.39, 0.29) is 0 Å². The van der Waals surface area contributed by atoms with E-state index in [0.717, 1.165) is 16.7 Å². The minimum absolute atomic E-state index is 0.499. The number of allylic oxidation sites excluding steroid dienone is 1. The molecule has 2 aromatic rings. The average molecular weight is 261 g/mol. The van der Waals surface area contributed by atoms with Gasteiger partial charge in [0.1, 0.15) is 0 Å². The molecular weight excluding hydrogens is 248 g/mol. The van der Waals surface area contributed by atoms with Crippen molar-refractivity contribution in [2.45, 2.75) is 6.92 Å². The number of nitrogens with zero attached hydrogens (tertiary/aromatic N) is 3. The van der Waals surface area contributed by atoms with Crippen LogP contribution in [0.3, 0.4) is 0 Å². The number of anilines is 1. The van der Waals surface area contributed by atoms with E-state index >= 15 is 0 Å². The molecule has 4 heteroatoms. The monoisotopic (exact) mass is 261 g/mol. The molecule has 0 aliphatic heterocycles. The zero-order valence-electron chi connectivity index (χ0n) is 11.0. The number of nitrogens with two attached hydrogens (primary N) is 1. The van der Waals surface area contributed by atoms with Gasteiger partial charge < -0.3 is 5.73 Å². The van der Waals surface area contributed by atoms with Gasteiger partial charge in [-0.15, -0.1) is 0 Å². The van der Waals surface area contributed by atoms with E-state index in [1.54, 1.807) is 30.3 Å².